The molecule has 0 spiro atoms. The van der Waals surface area contributed by atoms with E-state index in [1.54, 1.807) is 32.9 Å². The molecule has 0 bridgehead atoms. The third-order valence-corrected chi connectivity index (χ3v) is 7.60. The maximum absolute atomic E-state index is 13.7. The van der Waals surface area contributed by atoms with E-state index in [0.717, 1.165) is 12.1 Å². The molecular formula is C27H32FN3O8S. The Morgan fingerprint density at radius 2 is 1.77 bits per heavy atom. The molecule has 1 heterocycles. The van der Waals surface area contributed by atoms with Crippen molar-refractivity contribution < 1.29 is 41.5 Å². The van der Waals surface area contributed by atoms with Crippen molar-refractivity contribution >= 4 is 33.8 Å². The van der Waals surface area contributed by atoms with Gasteiger partial charge in [-0.25, -0.2) is 22.4 Å². The topological polar surface area (TPSA) is 139 Å². The van der Waals surface area contributed by atoms with E-state index in [0.29, 0.717) is 9.87 Å². The lowest BCUT2D eigenvalue weighted by Gasteiger charge is -2.27. The first kappa shape index (κ1) is 30.7. The van der Waals surface area contributed by atoms with Gasteiger partial charge in [0.1, 0.15) is 35.0 Å². The molecule has 1 aliphatic rings. The van der Waals surface area contributed by atoms with Gasteiger partial charge in [0.25, 0.3) is 0 Å². The lowest BCUT2D eigenvalue weighted by Crippen LogP contribution is -2.52. The molecule has 2 atom stereocenters. The highest BCUT2D eigenvalue weighted by atomic mass is 32.2. The molecule has 2 amide bonds. The summed E-state index contributed by atoms with van der Waals surface area (Å²) < 4.78 is 51.5. The number of sulfonamides is 1. The number of ketones is 1. The highest BCUT2D eigenvalue weighted by molar-refractivity contribution is 7.89. The van der Waals surface area contributed by atoms with Gasteiger partial charge in [-0.05, 0) is 56.7 Å². The third kappa shape index (κ3) is 7.85. The van der Waals surface area contributed by atoms with E-state index in [2.05, 4.69) is 5.32 Å². The van der Waals surface area contributed by atoms with Crippen molar-refractivity contribution in [3.05, 3.63) is 59.9 Å². The Hall–Kier alpha value is -3.84. The van der Waals surface area contributed by atoms with Crippen LogP contribution >= 0.6 is 0 Å². The molecule has 0 saturated carbocycles. The second kappa shape index (κ2) is 12.1. The number of carbonyl (C=O) groups is 4. The number of Topliss-reactive ketones (excluding diaryl/α,β-unsaturated/α-hetero) is 1. The Morgan fingerprint density at radius 3 is 2.35 bits per heavy atom. The van der Waals surface area contributed by atoms with Crippen LogP contribution in [-0.4, -0.2) is 79.7 Å². The predicted octanol–water partition coefficient (Wildman–Crippen LogP) is 2.29. The van der Waals surface area contributed by atoms with Crippen molar-refractivity contribution in [1.29, 1.82) is 0 Å². The summed E-state index contributed by atoms with van der Waals surface area (Å²) in [7, 11) is -1.33. The molecule has 0 radical (unpaired) electrons. The van der Waals surface area contributed by atoms with Crippen LogP contribution in [-0.2, 0) is 35.6 Å². The molecule has 1 N–H and O–H groups in total. The number of hydrogen-bond acceptors (Lipinski definition) is 8. The minimum absolute atomic E-state index is 0.0418. The molecule has 0 unspecified atom stereocenters. The monoisotopic (exact) mass is 577 g/mol. The van der Waals surface area contributed by atoms with Gasteiger partial charge in [-0.1, -0.05) is 18.2 Å². The van der Waals surface area contributed by atoms with E-state index in [4.69, 9.17) is 9.47 Å². The lowest BCUT2D eigenvalue weighted by atomic mass is 10.0. The van der Waals surface area contributed by atoms with Crippen LogP contribution in [0, 0.1) is 5.82 Å². The first-order chi connectivity index (χ1) is 18.6. The Bertz CT molecular complexity index is 1390. The van der Waals surface area contributed by atoms with Crippen LogP contribution in [0.15, 0.2) is 53.4 Å². The van der Waals surface area contributed by atoms with Crippen molar-refractivity contribution in [3.8, 4) is 5.75 Å². The van der Waals surface area contributed by atoms with Gasteiger partial charge in [-0.2, -0.15) is 4.31 Å². The highest BCUT2D eigenvalue weighted by Crippen LogP contribution is 2.26. The van der Waals surface area contributed by atoms with Crippen molar-refractivity contribution in [2.75, 3.05) is 20.6 Å². The summed E-state index contributed by atoms with van der Waals surface area (Å²) in [6.07, 6.45) is -1.02. The first-order valence-corrected chi connectivity index (χ1v) is 13.8. The standard InChI is InChI=1S/C27H32FN3O8S/c1-27(2,3)39-25(34)22(13-17-9-11-20(12-10-17)38-26(35)30(4)5)29-24(33)23-15-19(32)16-31(23)40(36,37)21-8-6-7-18(28)14-21/h6-12,14,22-23H,13,15-16H2,1-5H3,(H,29,33)/t22-,23-/m0/s1. The number of esters is 1. The molecule has 0 aromatic heterocycles. The summed E-state index contributed by atoms with van der Waals surface area (Å²) in [6, 6.07) is 7.80. The number of halogens is 1. The number of ether oxygens (including phenoxy) is 2. The van der Waals surface area contributed by atoms with E-state index in [1.165, 1.54) is 43.3 Å². The maximum atomic E-state index is 13.7. The molecule has 2 aromatic carbocycles. The number of nitrogens with one attached hydrogen (secondary N) is 1. The van der Waals surface area contributed by atoms with Crippen molar-refractivity contribution in [3.63, 3.8) is 0 Å². The summed E-state index contributed by atoms with van der Waals surface area (Å²) in [4.78, 5) is 51.3. The zero-order valence-corrected chi connectivity index (χ0v) is 23.7. The molecule has 40 heavy (non-hydrogen) atoms. The van der Waals surface area contributed by atoms with Gasteiger partial charge < -0.3 is 19.7 Å². The highest BCUT2D eigenvalue weighted by Gasteiger charge is 2.44. The van der Waals surface area contributed by atoms with Crippen LogP contribution in [0.25, 0.3) is 0 Å². The lowest BCUT2D eigenvalue weighted by molar-refractivity contribution is -0.158. The normalized spacial score (nSPS) is 16.8. The first-order valence-electron chi connectivity index (χ1n) is 12.4. The average molecular weight is 578 g/mol. The molecule has 3 rings (SSSR count). The van der Waals surface area contributed by atoms with Crippen molar-refractivity contribution in [2.45, 2.75) is 56.2 Å². The number of rotatable bonds is 8. The fourth-order valence-corrected chi connectivity index (χ4v) is 5.46. The molecule has 11 nitrogen and oxygen atoms in total. The van der Waals surface area contributed by atoms with Crippen LogP contribution < -0.4 is 10.1 Å². The molecule has 0 aliphatic carbocycles. The molecule has 2 aromatic rings. The van der Waals surface area contributed by atoms with E-state index >= 15 is 0 Å². The third-order valence-electron chi connectivity index (χ3n) is 5.75. The minimum Gasteiger partial charge on any atom is -0.458 e. The maximum Gasteiger partial charge on any atom is 0.414 e. The van der Waals surface area contributed by atoms with Crippen LogP contribution in [0.5, 0.6) is 5.75 Å². The summed E-state index contributed by atoms with van der Waals surface area (Å²) in [5.74, 6) is -2.68. The number of benzene rings is 2. The Labute approximate surface area is 232 Å². The van der Waals surface area contributed by atoms with E-state index < -0.39 is 75.1 Å². The largest absolute Gasteiger partial charge is 0.458 e. The van der Waals surface area contributed by atoms with E-state index in [-0.39, 0.29) is 12.2 Å². The molecule has 216 valence electrons. The molecule has 1 saturated heterocycles. The predicted molar refractivity (Wildman–Crippen MR) is 141 cm³/mol. The molecule has 13 heteroatoms. The summed E-state index contributed by atoms with van der Waals surface area (Å²) in [5, 5.41) is 2.54. The fraction of sp³-hybridized carbons (Fsp3) is 0.407. The summed E-state index contributed by atoms with van der Waals surface area (Å²) >= 11 is 0. The smallest absolute Gasteiger partial charge is 0.414 e. The zero-order valence-electron chi connectivity index (χ0n) is 22.8. The van der Waals surface area contributed by atoms with Gasteiger partial charge in [-0.15, -0.1) is 0 Å². The summed E-state index contributed by atoms with van der Waals surface area (Å²) in [5.41, 5.74) is -0.312. The van der Waals surface area contributed by atoms with Crippen LogP contribution in [0.2, 0.25) is 0 Å². The molecule has 1 fully saturated rings. The second-order valence-electron chi connectivity index (χ2n) is 10.5. The van der Waals surface area contributed by atoms with Gasteiger partial charge in [0.05, 0.1) is 11.4 Å². The number of nitrogens with zero attached hydrogens (tertiary/aromatic N) is 2. The van der Waals surface area contributed by atoms with Gasteiger partial charge >= 0.3 is 12.1 Å². The van der Waals surface area contributed by atoms with Gasteiger partial charge in [-0.3, -0.25) is 9.59 Å². The van der Waals surface area contributed by atoms with Gasteiger partial charge in [0.15, 0.2) is 0 Å². The minimum atomic E-state index is -4.40. The van der Waals surface area contributed by atoms with Crippen LogP contribution in [0.4, 0.5) is 9.18 Å². The number of carbonyl (C=O) groups excluding carboxylic acids is 4. The number of hydrogen-bond donors (Lipinski definition) is 1. The second-order valence-corrected chi connectivity index (χ2v) is 12.4. The van der Waals surface area contributed by atoms with Crippen LogP contribution in [0.1, 0.15) is 32.8 Å². The Morgan fingerprint density at radius 1 is 1.12 bits per heavy atom. The Balaban J connectivity index is 1.84. The SMILES string of the molecule is CN(C)C(=O)Oc1ccc(C[C@H](NC(=O)[C@@H]2CC(=O)CN2S(=O)(=O)c2cccc(F)c2)C(=O)OC(C)(C)C)cc1. The quantitative estimate of drug-likeness (QED) is 0.472. The fourth-order valence-electron chi connectivity index (χ4n) is 3.86. The average Bonchev–Trinajstić information content (AvgIpc) is 3.26. The number of amides is 2. The summed E-state index contributed by atoms with van der Waals surface area (Å²) in [6.45, 7) is 4.39. The molecular weight excluding hydrogens is 545 g/mol. The zero-order chi connectivity index (χ0) is 29.8. The van der Waals surface area contributed by atoms with Crippen molar-refractivity contribution in [1.82, 2.24) is 14.5 Å². The van der Waals surface area contributed by atoms with Crippen molar-refractivity contribution in [2.24, 2.45) is 0 Å². The molecule has 1 aliphatic heterocycles. The van der Waals surface area contributed by atoms with Crippen LogP contribution in [0.3, 0.4) is 0 Å². The van der Waals surface area contributed by atoms with E-state index in [9.17, 15) is 32.0 Å². The van der Waals surface area contributed by atoms with Gasteiger partial charge in [0.2, 0.25) is 15.9 Å². The Kier molecular flexibility index (Phi) is 9.31. The van der Waals surface area contributed by atoms with E-state index in [1.807, 2.05) is 0 Å². The van der Waals surface area contributed by atoms with Gasteiger partial charge in [0, 0.05) is 26.9 Å².